The van der Waals surface area contributed by atoms with Gasteiger partial charge in [-0.05, 0) is 13.8 Å². The van der Waals surface area contributed by atoms with Crippen molar-refractivity contribution in [1.29, 1.82) is 0 Å². The third-order valence-electron chi connectivity index (χ3n) is 1.72. The highest BCUT2D eigenvalue weighted by molar-refractivity contribution is 5.81. The predicted octanol–water partition coefficient (Wildman–Crippen LogP) is -1.19. The molecule has 5 N–H and O–H groups in total. The van der Waals surface area contributed by atoms with Crippen LogP contribution in [0.1, 0.15) is 13.8 Å². The summed E-state index contributed by atoms with van der Waals surface area (Å²) < 4.78 is 0. The molecule has 0 rings (SSSR count). The molecule has 0 heterocycles. The first-order chi connectivity index (χ1) is 7.25. The first-order valence-electron chi connectivity index (χ1n) is 4.43. The number of hydrogen-bond acceptors (Lipinski definition) is 4. The molecule has 3 amide bonds. The number of primary amides is 1. The Morgan fingerprint density at radius 1 is 1.38 bits per heavy atom. The lowest BCUT2D eigenvalue weighted by molar-refractivity contribution is -0.144. The van der Waals surface area contributed by atoms with Crippen molar-refractivity contribution in [2.24, 2.45) is 11.1 Å². The molecule has 0 saturated carbocycles. The molecule has 0 aromatic rings. The second-order valence-electron chi connectivity index (χ2n) is 3.72. The quantitative estimate of drug-likeness (QED) is 0.428. The molecule has 0 aliphatic heterocycles. The zero-order valence-corrected chi connectivity index (χ0v) is 9.07. The number of hydroxylamine groups is 1. The van der Waals surface area contributed by atoms with Gasteiger partial charge in [-0.3, -0.25) is 9.63 Å². The Kier molecular flexibility index (Phi) is 5.23. The van der Waals surface area contributed by atoms with E-state index in [9.17, 15) is 14.4 Å². The molecule has 0 aliphatic rings. The van der Waals surface area contributed by atoms with Crippen molar-refractivity contribution in [2.45, 2.75) is 13.8 Å². The number of carbonyl (C=O) groups is 3. The maximum Gasteiger partial charge on any atom is 0.338 e. The molecular weight excluding hydrogens is 218 g/mol. The highest BCUT2D eigenvalue weighted by atomic mass is 16.7. The van der Waals surface area contributed by atoms with Crippen molar-refractivity contribution in [3.8, 4) is 0 Å². The minimum atomic E-state index is -1.21. The van der Waals surface area contributed by atoms with Gasteiger partial charge >= 0.3 is 12.0 Å². The van der Waals surface area contributed by atoms with Crippen LogP contribution in [0.2, 0.25) is 0 Å². The molecule has 0 aliphatic carbocycles. The van der Waals surface area contributed by atoms with Gasteiger partial charge in [-0.25, -0.2) is 15.1 Å². The number of carbonyl (C=O) groups excluding carboxylic acids is 2. The molecular formula is C8H15N3O5. The van der Waals surface area contributed by atoms with E-state index in [1.54, 1.807) is 13.8 Å². The Morgan fingerprint density at radius 2 is 1.94 bits per heavy atom. The van der Waals surface area contributed by atoms with Crippen LogP contribution >= 0.6 is 0 Å². The first kappa shape index (κ1) is 14.2. The third-order valence-corrected chi connectivity index (χ3v) is 1.72. The Bertz CT molecular complexity index is 289. The van der Waals surface area contributed by atoms with E-state index in [0.717, 1.165) is 0 Å². The van der Waals surface area contributed by atoms with Crippen molar-refractivity contribution in [3.05, 3.63) is 0 Å². The molecule has 0 saturated heterocycles. The fourth-order valence-electron chi connectivity index (χ4n) is 0.588. The average molecular weight is 233 g/mol. The van der Waals surface area contributed by atoms with Gasteiger partial charge in [0.15, 0.2) is 6.61 Å². The van der Waals surface area contributed by atoms with Crippen LogP contribution in [0.5, 0.6) is 0 Å². The summed E-state index contributed by atoms with van der Waals surface area (Å²) in [5.41, 5.74) is 6.03. The van der Waals surface area contributed by atoms with E-state index in [-0.39, 0.29) is 6.54 Å². The van der Waals surface area contributed by atoms with Crippen LogP contribution in [0, 0.1) is 5.41 Å². The number of amides is 3. The van der Waals surface area contributed by atoms with Crippen molar-refractivity contribution >= 4 is 17.9 Å². The number of carboxylic acids is 1. The van der Waals surface area contributed by atoms with Gasteiger partial charge in [0, 0.05) is 6.54 Å². The van der Waals surface area contributed by atoms with Gasteiger partial charge in [-0.15, -0.1) is 0 Å². The molecule has 0 aromatic carbocycles. The van der Waals surface area contributed by atoms with Crippen molar-refractivity contribution in [1.82, 2.24) is 10.8 Å². The van der Waals surface area contributed by atoms with Gasteiger partial charge < -0.3 is 16.2 Å². The summed E-state index contributed by atoms with van der Waals surface area (Å²) in [7, 11) is 0. The number of urea groups is 1. The van der Waals surface area contributed by atoms with E-state index >= 15 is 0 Å². The molecule has 0 aromatic heterocycles. The van der Waals surface area contributed by atoms with Gasteiger partial charge in [-0.2, -0.15) is 0 Å². The zero-order valence-electron chi connectivity index (χ0n) is 9.07. The Morgan fingerprint density at radius 3 is 2.38 bits per heavy atom. The van der Waals surface area contributed by atoms with E-state index in [0.29, 0.717) is 0 Å². The van der Waals surface area contributed by atoms with Crippen molar-refractivity contribution < 1.29 is 24.3 Å². The van der Waals surface area contributed by atoms with Crippen molar-refractivity contribution in [3.63, 3.8) is 0 Å². The number of aliphatic carboxylic acids is 1. The predicted molar refractivity (Wildman–Crippen MR) is 53.1 cm³/mol. The normalized spacial score (nSPS) is 10.6. The maximum atomic E-state index is 11.0. The second kappa shape index (κ2) is 5.91. The first-order valence-corrected chi connectivity index (χ1v) is 4.43. The molecule has 0 spiro atoms. The number of nitrogens with two attached hydrogens (primary N) is 1. The monoisotopic (exact) mass is 233 g/mol. The number of carboxylic acid groups (broad SMARTS) is 1. The summed E-state index contributed by atoms with van der Waals surface area (Å²) in [4.78, 5) is 36.2. The molecule has 0 atom stereocenters. The third kappa shape index (κ3) is 5.81. The maximum absolute atomic E-state index is 11.0. The van der Waals surface area contributed by atoms with Crippen LogP contribution in [-0.4, -0.2) is 36.2 Å². The lowest BCUT2D eigenvalue weighted by atomic mass is 9.93. The molecule has 0 fully saturated rings. The van der Waals surface area contributed by atoms with Gasteiger partial charge in [0.05, 0.1) is 5.41 Å². The molecule has 8 nitrogen and oxygen atoms in total. The molecule has 0 radical (unpaired) electrons. The second-order valence-corrected chi connectivity index (χ2v) is 3.72. The van der Waals surface area contributed by atoms with Gasteiger partial charge in [0.1, 0.15) is 0 Å². The number of hydrogen-bond donors (Lipinski definition) is 4. The van der Waals surface area contributed by atoms with Gasteiger partial charge in [-0.1, -0.05) is 0 Å². The Labute approximate surface area is 92.1 Å². The van der Waals surface area contributed by atoms with Crippen LogP contribution in [0.3, 0.4) is 0 Å². The SMILES string of the molecule is CC(C)(CNC(=O)NOCC(=O)O)C(N)=O. The molecule has 92 valence electrons. The van der Waals surface area contributed by atoms with Crippen LogP contribution in [0.25, 0.3) is 0 Å². The van der Waals surface area contributed by atoms with E-state index in [2.05, 4.69) is 10.2 Å². The summed E-state index contributed by atoms with van der Waals surface area (Å²) in [5, 5.41) is 10.5. The van der Waals surface area contributed by atoms with Crippen LogP contribution < -0.4 is 16.5 Å². The lowest BCUT2D eigenvalue weighted by Gasteiger charge is -2.20. The largest absolute Gasteiger partial charge is 0.479 e. The topological polar surface area (TPSA) is 131 Å². The van der Waals surface area contributed by atoms with Crippen molar-refractivity contribution in [2.75, 3.05) is 13.2 Å². The molecule has 0 bridgehead atoms. The van der Waals surface area contributed by atoms with E-state index in [4.69, 9.17) is 10.8 Å². The van der Waals surface area contributed by atoms with Crippen LogP contribution in [0.15, 0.2) is 0 Å². The van der Waals surface area contributed by atoms with Crippen LogP contribution in [0.4, 0.5) is 4.79 Å². The Hall–Kier alpha value is -1.83. The number of nitrogens with one attached hydrogen (secondary N) is 2. The lowest BCUT2D eigenvalue weighted by Crippen LogP contribution is -2.45. The number of rotatable bonds is 6. The van der Waals surface area contributed by atoms with E-state index in [1.807, 2.05) is 5.48 Å². The van der Waals surface area contributed by atoms with E-state index in [1.165, 1.54) is 0 Å². The molecule has 16 heavy (non-hydrogen) atoms. The van der Waals surface area contributed by atoms with Crippen LogP contribution in [-0.2, 0) is 14.4 Å². The highest BCUT2D eigenvalue weighted by Gasteiger charge is 2.25. The van der Waals surface area contributed by atoms with Gasteiger partial charge in [0.2, 0.25) is 5.91 Å². The van der Waals surface area contributed by atoms with E-state index < -0.39 is 29.9 Å². The van der Waals surface area contributed by atoms with Gasteiger partial charge in [0.25, 0.3) is 0 Å². The zero-order chi connectivity index (χ0) is 12.8. The summed E-state index contributed by atoms with van der Waals surface area (Å²) in [5.74, 6) is -1.77. The summed E-state index contributed by atoms with van der Waals surface area (Å²) in [6.45, 7) is 2.50. The summed E-state index contributed by atoms with van der Waals surface area (Å²) >= 11 is 0. The summed E-state index contributed by atoms with van der Waals surface area (Å²) in [6, 6.07) is -0.740. The minimum Gasteiger partial charge on any atom is -0.479 e. The average Bonchev–Trinajstić information content (AvgIpc) is 2.14. The minimum absolute atomic E-state index is 0.0185. The highest BCUT2D eigenvalue weighted by Crippen LogP contribution is 2.11. The summed E-state index contributed by atoms with van der Waals surface area (Å²) in [6.07, 6.45) is 0. The molecule has 0 unspecified atom stereocenters. The fraction of sp³-hybridized carbons (Fsp3) is 0.625. The standard InChI is InChI=1S/C8H15N3O5/c1-8(2,6(9)14)4-10-7(15)11-16-3-5(12)13/h3-4H2,1-2H3,(H2,9,14)(H,12,13)(H2,10,11,15). The smallest absolute Gasteiger partial charge is 0.338 e. The fourth-order valence-corrected chi connectivity index (χ4v) is 0.588. The molecule has 8 heteroatoms. The Balaban J connectivity index is 3.82.